The van der Waals surface area contributed by atoms with Gasteiger partial charge in [0.15, 0.2) is 0 Å². The van der Waals surface area contributed by atoms with Gasteiger partial charge in [0.2, 0.25) is 0 Å². The summed E-state index contributed by atoms with van der Waals surface area (Å²) in [7, 11) is 0. The SMILES string of the molecule is C=C(C)NCCN(CCNCCC1CCCCC1)C(=C)C. The van der Waals surface area contributed by atoms with Crippen LogP contribution in [0.4, 0.5) is 0 Å². The zero-order valence-corrected chi connectivity index (χ0v) is 14.2. The molecule has 3 heteroatoms. The molecule has 0 aromatic carbocycles. The van der Waals surface area contributed by atoms with Crippen molar-refractivity contribution in [3.05, 3.63) is 24.6 Å². The maximum Gasteiger partial charge on any atom is 0.0348 e. The third-order valence-corrected chi connectivity index (χ3v) is 4.36. The molecule has 0 aromatic rings. The van der Waals surface area contributed by atoms with Crippen LogP contribution in [0.3, 0.4) is 0 Å². The summed E-state index contributed by atoms with van der Waals surface area (Å²) in [4.78, 5) is 2.34. The summed E-state index contributed by atoms with van der Waals surface area (Å²) in [6.45, 7) is 17.2. The van der Waals surface area contributed by atoms with Crippen molar-refractivity contribution < 1.29 is 0 Å². The third-order valence-electron chi connectivity index (χ3n) is 4.36. The highest BCUT2D eigenvalue weighted by Crippen LogP contribution is 2.25. The van der Waals surface area contributed by atoms with E-state index in [0.717, 1.165) is 43.5 Å². The molecule has 0 heterocycles. The van der Waals surface area contributed by atoms with Crippen molar-refractivity contribution in [1.82, 2.24) is 15.5 Å². The van der Waals surface area contributed by atoms with Crippen LogP contribution in [0.25, 0.3) is 0 Å². The van der Waals surface area contributed by atoms with Crippen LogP contribution in [0.1, 0.15) is 52.4 Å². The van der Waals surface area contributed by atoms with Crippen molar-refractivity contribution >= 4 is 0 Å². The van der Waals surface area contributed by atoms with Gasteiger partial charge in [-0.05, 0) is 32.7 Å². The molecule has 0 saturated heterocycles. The van der Waals surface area contributed by atoms with Crippen LogP contribution in [0.15, 0.2) is 24.6 Å². The molecule has 0 unspecified atom stereocenters. The van der Waals surface area contributed by atoms with Gasteiger partial charge >= 0.3 is 0 Å². The second-order valence-electron chi connectivity index (χ2n) is 6.47. The molecule has 1 aliphatic rings. The summed E-state index contributed by atoms with van der Waals surface area (Å²) >= 11 is 0. The first-order valence-corrected chi connectivity index (χ1v) is 8.60. The fourth-order valence-electron chi connectivity index (χ4n) is 3.02. The lowest BCUT2D eigenvalue weighted by Crippen LogP contribution is -2.35. The smallest absolute Gasteiger partial charge is 0.0348 e. The van der Waals surface area contributed by atoms with E-state index in [-0.39, 0.29) is 0 Å². The first-order valence-electron chi connectivity index (χ1n) is 8.60. The van der Waals surface area contributed by atoms with E-state index in [1.807, 2.05) is 6.92 Å². The van der Waals surface area contributed by atoms with Crippen LogP contribution < -0.4 is 10.6 Å². The molecule has 3 nitrogen and oxygen atoms in total. The van der Waals surface area contributed by atoms with Crippen LogP contribution in [-0.4, -0.2) is 37.6 Å². The molecule has 0 aliphatic heterocycles. The normalized spacial score (nSPS) is 15.7. The summed E-state index contributed by atoms with van der Waals surface area (Å²) in [5.41, 5.74) is 2.18. The van der Waals surface area contributed by atoms with Crippen molar-refractivity contribution in [3.8, 4) is 0 Å². The van der Waals surface area contributed by atoms with E-state index in [0.29, 0.717) is 0 Å². The topological polar surface area (TPSA) is 27.3 Å². The van der Waals surface area contributed by atoms with Gasteiger partial charge in [-0.2, -0.15) is 0 Å². The van der Waals surface area contributed by atoms with E-state index < -0.39 is 0 Å². The van der Waals surface area contributed by atoms with Crippen molar-refractivity contribution in [2.75, 3.05) is 32.7 Å². The Kier molecular flexibility index (Phi) is 9.24. The van der Waals surface area contributed by atoms with E-state index in [4.69, 9.17) is 0 Å². The zero-order chi connectivity index (χ0) is 15.5. The molecule has 122 valence electrons. The molecule has 21 heavy (non-hydrogen) atoms. The van der Waals surface area contributed by atoms with Gasteiger partial charge in [-0.1, -0.05) is 45.3 Å². The highest BCUT2D eigenvalue weighted by molar-refractivity contribution is 4.91. The monoisotopic (exact) mass is 293 g/mol. The Balaban J connectivity index is 2.06. The lowest BCUT2D eigenvalue weighted by molar-refractivity contribution is 0.320. The predicted molar refractivity (Wildman–Crippen MR) is 93.3 cm³/mol. The van der Waals surface area contributed by atoms with Crippen molar-refractivity contribution in [3.63, 3.8) is 0 Å². The molecular weight excluding hydrogens is 258 g/mol. The zero-order valence-electron chi connectivity index (χ0n) is 14.2. The van der Waals surface area contributed by atoms with Crippen LogP contribution in [0.5, 0.6) is 0 Å². The number of allylic oxidation sites excluding steroid dienone is 2. The van der Waals surface area contributed by atoms with E-state index >= 15 is 0 Å². The van der Waals surface area contributed by atoms with Gasteiger partial charge in [-0.3, -0.25) is 0 Å². The summed E-state index contributed by atoms with van der Waals surface area (Å²) in [6, 6.07) is 0. The quantitative estimate of drug-likeness (QED) is 0.571. The molecule has 0 aromatic heterocycles. The minimum absolute atomic E-state index is 0.935. The maximum absolute atomic E-state index is 4.07. The summed E-state index contributed by atoms with van der Waals surface area (Å²) in [5.74, 6) is 0.975. The van der Waals surface area contributed by atoms with Crippen molar-refractivity contribution in [2.24, 2.45) is 5.92 Å². The van der Waals surface area contributed by atoms with Crippen LogP contribution in [0.2, 0.25) is 0 Å². The molecule has 1 saturated carbocycles. The Morgan fingerprint density at radius 1 is 1.00 bits per heavy atom. The molecule has 2 N–H and O–H groups in total. The largest absolute Gasteiger partial charge is 0.387 e. The molecule has 0 radical (unpaired) electrons. The highest BCUT2D eigenvalue weighted by atomic mass is 15.2. The van der Waals surface area contributed by atoms with Crippen LogP contribution >= 0.6 is 0 Å². The van der Waals surface area contributed by atoms with Gasteiger partial charge in [0.1, 0.15) is 0 Å². The molecule has 0 atom stereocenters. The number of rotatable bonds is 11. The van der Waals surface area contributed by atoms with E-state index in [1.165, 1.54) is 45.1 Å². The number of nitrogens with zero attached hydrogens (tertiary/aromatic N) is 1. The van der Waals surface area contributed by atoms with Gasteiger partial charge in [0, 0.05) is 37.6 Å². The second-order valence-corrected chi connectivity index (χ2v) is 6.47. The van der Waals surface area contributed by atoms with E-state index in [1.54, 1.807) is 0 Å². The highest BCUT2D eigenvalue weighted by Gasteiger charge is 2.12. The number of hydrogen-bond donors (Lipinski definition) is 2. The Morgan fingerprint density at radius 3 is 2.29 bits per heavy atom. The Hall–Kier alpha value is -0.960. The Labute approximate surface area is 131 Å². The first kappa shape index (κ1) is 18.1. The lowest BCUT2D eigenvalue weighted by Gasteiger charge is -2.26. The molecule has 1 rings (SSSR count). The molecule has 0 bridgehead atoms. The average Bonchev–Trinajstić information content (AvgIpc) is 2.45. The van der Waals surface area contributed by atoms with Crippen LogP contribution in [0, 0.1) is 5.92 Å². The number of nitrogens with one attached hydrogen (secondary N) is 2. The molecule has 1 fully saturated rings. The Morgan fingerprint density at radius 2 is 1.67 bits per heavy atom. The third kappa shape index (κ3) is 8.82. The Bertz CT molecular complexity index is 306. The van der Waals surface area contributed by atoms with Gasteiger partial charge < -0.3 is 15.5 Å². The lowest BCUT2D eigenvalue weighted by atomic mass is 9.87. The van der Waals surface area contributed by atoms with Gasteiger partial charge in [0.25, 0.3) is 0 Å². The van der Waals surface area contributed by atoms with Gasteiger partial charge in [-0.15, -0.1) is 0 Å². The van der Waals surface area contributed by atoms with Crippen molar-refractivity contribution in [2.45, 2.75) is 52.4 Å². The first-order chi connectivity index (χ1) is 10.1. The average molecular weight is 293 g/mol. The summed E-state index contributed by atoms with van der Waals surface area (Å²) in [6.07, 6.45) is 8.60. The fourth-order valence-corrected chi connectivity index (χ4v) is 3.02. The molecule has 1 aliphatic carbocycles. The van der Waals surface area contributed by atoms with Gasteiger partial charge in [0.05, 0.1) is 0 Å². The standard InChI is InChI=1S/C18H35N3/c1-16(2)20-13-15-21(17(3)4)14-12-19-11-10-18-8-6-5-7-9-18/h18-20H,1,3,5-15H2,2,4H3. The fraction of sp³-hybridized carbons (Fsp3) is 0.778. The maximum atomic E-state index is 4.07. The molecule has 0 amide bonds. The molecule has 0 spiro atoms. The second kappa shape index (κ2) is 10.7. The van der Waals surface area contributed by atoms with E-state index in [2.05, 4.69) is 35.6 Å². The minimum atomic E-state index is 0.935. The molecular formula is C18H35N3. The number of hydrogen-bond acceptors (Lipinski definition) is 3. The van der Waals surface area contributed by atoms with E-state index in [9.17, 15) is 0 Å². The van der Waals surface area contributed by atoms with Crippen molar-refractivity contribution in [1.29, 1.82) is 0 Å². The van der Waals surface area contributed by atoms with Crippen LogP contribution in [-0.2, 0) is 0 Å². The summed E-state index contributed by atoms with van der Waals surface area (Å²) in [5, 5.41) is 6.87. The summed E-state index contributed by atoms with van der Waals surface area (Å²) < 4.78 is 0. The minimum Gasteiger partial charge on any atom is -0.387 e. The van der Waals surface area contributed by atoms with Gasteiger partial charge in [-0.25, -0.2) is 0 Å². The predicted octanol–water partition coefficient (Wildman–Crippen LogP) is 3.51.